The molecule has 168 valence electrons. The molecule has 0 radical (unpaired) electrons. The molecule has 0 amide bonds. The van der Waals surface area contributed by atoms with Crippen molar-refractivity contribution in [2.24, 2.45) is 11.8 Å². The first-order valence-corrected chi connectivity index (χ1v) is 15.1. The van der Waals surface area contributed by atoms with Gasteiger partial charge in [0.1, 0.15) is 11.6 Å². The van der Waals surface area contributed by atoms with E-state index in [0.717, 1.165) is 23.0 Å². The Morgan fingerprint density at radius 2 is 1.45 bits per heavy atom. The zero-order chi connectivity index (χ0) is 21.6. The van der Waals surface area contributed by atoms with Crippen molar-refractivity contribution < 1.29 is 8.78 Å². The fraction of sp³-hybridized carbons (Fsp3) is 0.571. The van der Waals surface area contributed by atoms with Gasteiger partial charge in [0.2, 0.25) is 0 Å². The molecule has 0 bridgehead atoms. The second-order valence-electron chi connectivity index (χ2n) is 10.2. The van der Waals surface area contributed by atoms with Gasteiger partial charge in [0.05, 0.1) is 0 Å². The molecule has 0 nitrogen and oxygen atoms in total. The van der Waals surface area contributed by atoms with Crippen LogP contribution in [-0.4, -0.2) is 8.80 Å². The molecule has 0 unspecified atom stereocenters. The van der Waals surface area contributed by atoms with Gasteiger partial charge in [-0.2, -0.15) is 0 Å². The summed E-state index contributed by atoms with van der Waals surface area (Å²) in [5.74, 6) is 1.90. The highest BCUT2D eigenvalue weighted by molar-refractivity contribution is 6.58. The SMILES string of the molecule is CCC[Si@H]1CC[C@H](CCC2CCC(c3ccc(-c4ccc(F)cc4)c(F)c3)CC2)CC1. The maximum Gasteiger partial charge on any atom is 0.131 e. The Hall–Kier alpha value is -1.48. The molecule has 1 aliphatic carbocycles. The van der Waals surface area contributed by atoms with Crippen LogP contribution in [0.15, 0.2) is 42.5 Å². The fourth-order valence-electron chi connectivity index (χ4n) is 6.12. The van der Waals surface area contributed by atoms with E-state index in [9.17, 15) is 8.78 Å². The highest BCUT2D eigenvalue weighted by atomic mass is 28.3. The molecule has 2 aliphatic rings. The van der Waals surface area contributed by atoms with Gasteiger partial charge >= 0.3 is 0 Å². The van der Waals surface area contributed by atoms with Crippen molar-refractivity contribution in [2.45, 2.75) is 88.8 Å². The average molecular weight is 441 g/mol. The summed E-state index contributed by atoms with van der Waals surface area (Å²) in [6.07, 6.45) is 12.3. The number of benzene rings is 2. The van der Waals surface area contributed by atoms with E-state index in [-0.39, 0.29) is 20.4 Å². The number of hydrogen-bond donors (Lipinski definition) is 0. The summed E-state index contributed by atoms with van der Waals surface area (Å²) in [7, 11) is -0.345. The summed E-state index contributed by atoms with van der Waals surface area (Å²) < 4.78 is 27.9. The number of halogens is 2. The highest BCUT2D eigenvalue weighted by Gasteiger charge is 2.26. The van der Waals surface area contributed by atoms with Crippen LogP contribution in [0.2, 0.25) is 18.1 Å². The van der Waals surface area contributed by atoms with E-state index in [2.05, 4.69) is 13.0 Å². The van der Waals surface area contributed by atoms with Gasteiger partial charge in [0, 0.05) is 14.4 Å². The Morgan fingerprint density at radius 3 is 2.06 bits per heavy atom. The summed E-state index contributed by atoms with van der Waals surface area (Å²) in [5.41, 5.74) is 2.44. The molecule has 1 saturated carbocycles. The van der Waals surface area contributed by atoms with Crippen LogP contribution >= 0.6 is 0 Å². The summed E-state index contributed by atoms with van der Waals surface area (Å²) in [5, 5.41) is 0. The van der Waals surface area contributed by atoms with Gasteiger partial charge in [-0.05, 0) is 72.8 Å². The van der Waals surface area contributed by atoms with Crippen LogP contribution in [-0.2, 0) is 0 Å². The Morgan fingerprint density at radius 1 is 0.806 bits per heavy atom. The third-order valence-electron chi connectivity index (χ3n) is 8.11. The van der Waals surface area contributed by atoms with Crippen LogP contribution < -0.4 is 0 Å². The lowest BCUT2D eigenvalue weighted by Crippen LogP contribution is -2.22. The minimum Gasteiger partial charge on any atom is -0.207 e. The molecule has 3 heteroatoms. The average Bonchev–Trinajstić information content (AvgIpc) is 2.80. The predicted octanol–water partition coefficient (Wildman–Crippen LogP) is 8.73. The molecule has 0 atom stereocenters. The van der Waals surface area contributed by atoms with Crippen molar-refractivity contribution in [3.8, 4) is 11.1 Å². The first-order valence-electron chi connectivity index (χ1n) is 12.7. The van der Waals surface area contributed by atoms with Crippen molar-refractivity contribution in [2.75, 3.05) is 0 Å². The third-order valence-corrected chi connectivity index (χ3v) is 11.8. The van der Waals surface area contributed by atoms with E-state index in [4.69, 9.17) is 0 Å². The fourth-order valence-corrected chi connectivity index (χ4v) is 9.69. The van der Waals surface area contributed by atoms with E-state index in [1.54, 1.807) is 36.3 Å². The molecule has 1 heterocycles. The second-order valence-corrected chi connectivity index (χ2v) is 13.7. The van der Waals surface area contributed by atoms with E-state index in [1.165, 1.54) is 69.9 Å². The second kappa shape index (κ2) is 10.9. The third kappa shape index (κ3) is 6.06. The van der Waals surface area contributed by atoms with Gasteiger partial charge in [-0.25, -0.2) is 8.78 Å². The lowest BCUT2D eigenvalue weighted by Gasteiger charge is -2.32. The monoisotopic (exact) mass is 440 g/mol. The molecule has 2 fully saturated rings. The zero-order valence-corrected chi connectivity index (χ0v) is 20.2. The Labute approximate surface area is 189 Å². The van der Waals surface area contributed by atoms with Crippen LogP contribution in [0.4, 0.5) is 8.78 Å². The Bertz CT molecular complexity index is 815. The highest BCUT2D eigenvalue weighted by Crippen LogP contribution is 2.40. The standard InChI is InChI=1S/C28H38F2Si/c1-2-17-31-18-15-22(16-19-31)4-3-21-5-7-23(8-6-21)25-11-14-27(28(30)20-25)24-9-12-26(29)13-10-24/h9-14,20-23,31H,2-8,15-19H2,1H3/t21?,22-,23?,31-. The van der Waals surface area contributed by atoms with Crippen molar-refractivity contribution >= 4 is 8.80 Å². The van der Waals surface area contributed by atoms with E-state index in [0.29, 0.717) is 11.5 Å². The molecule has 0 aromatic heterocycles. The maximum atomic E-state index is 14.8. The Kier molecular flexibility index (Phi) is 7.98. The number of rotatable bonds is 7. The van der Waals surface area contributed by atoms with Crippen LogP contribution in [0.1, 0.15) is 76.2 Å². The molecule has 31 heavy (non-hydrogen) atoms. The quantitative estimate of drug-likeness (QED) is 0.378. The first-order chi connectivity index (χ1) is 15.1. The molecule has 2 aromatic rings. The predicted molar refractivity (Wildman–Crippen MR) is 130 cm³/mol. The van der Waals surface area contributed by atoms with E-state index in [1.807, 2.05) is 6.07 Å². The van der Waals surface area contributed by atoms with Crippen molar-refractivity contribution in [3.63, 3.8) is 0 Å². The van der Waals surface area contributed by atoms with Crippen molar-refractivity contribution in [1.29, 1.82) is 0 Å². The molecule has 1 saturated heterocycles. The van der Waals surface area contributed by atoms with Gasteiger partial charge in [0.25, 0.3) is 0 Å². The van der Waals surface area contributed by atoms with Gasteiger partial charge in [-0.1, -0.05) is 81.4 Å². The Balaban J connectivity index is 1.24. The summed E-state index contributed by atoms with van der Waals surface area (Å²) in [6, 6.07) is 16.5. The maximum absolute atomic E-state index is 14.8. The number of hydrogen-bond acceptors (Lipinski definition) is 0. The summed E-state index contributed by atoms with van der Waals surface area (Å²) >= 11 is 0. The van der Waals surface area contributed by atoms with Crippen LogP contribution in [0.3, 0.4) is 0 Å². The summed E-state index contributed by atoms with van der Waals surface area (Å²) in [4.78, 5) is 0. The first kappa shape index (κ1) is 22.7. The van der Waals surface area contributed by atoms with Crippen LogP contribution in [0, 0.1) is 23.5 Å². The van der Waals surface area contributed by atoms with Crippen LogP contribution in [0.5, 0.6) is 0 Å². The molecule has 0 N–H and O–H groups in total. The van der Waals surface area contributed by atoms with Gasteiger partial charge in [-0.15, -0.1) is 0 Å². The topological polar surface area (TPSA) is 0 Å². The van der Waals surface area contributed by atoms with E-state index < -0.39 is 0 Å². The minimum atomic E-state index is -0.345. The molecule has 1 aliphatic heterocycles. The van der Waals surface area contributed by atoms with Gasteiger partial charge < -0.3 is 0 Å². The van der Waals surface area contributed by atoms with Gasteiger partial charge in [0.15, 0.2) is 0 Å². The van der Waals surface area contributed by atoms with Crippen molar-refractivity contribution in [1.82, 2.24) is 0 Å². The minimum absolute atomic E-state index is 0.187. The molecule has 4 rings (SSSR count). The lowest BCUT2D eigenvalue weighted by molar-refractivity contribution is 0.280. The van der Waals surface area contributed by atoms with E-state index >= 15 is 0 Å². The molecule has 2 aromatic carbocycles. The molecular weight excluding hydrogens is 402 g/mol. The van der Waals surface area contributed by atoms with Crippen molar-refractivity contribution in [3.05, 3.63) is 59.7 Å². The lowest BCUT2D eigenvalue weighted by atomic mass is 9.76. The summed E-state index contributed by atoms with van der Waals surface area (Å²) in [6.45, 7) is 2.35. The van der Waals surface area contributed by atoms with Crippen LogP contribution in [0.25, 0.3) is 11.1 Å². The normalized spacial score (nSPS) is 26.7. The smallest absolute Gasteiger partial charge is 0.131 e. The largest absolute Gasteiger partial charge is 0.207 e. The zero-order valence-electron chi connectivity index (χ0n) is 19.1. The molecular formula is C28H38F2Si. The molecule has 0 spiro atoms. The van der Waals surface area contributed by atoms with Gasteiger partial charge in [-0.3, -0.25) is 0 Å².